The van der Waals surface area contributed by atoms with Gasteiger partial charge in [-0.1, -0.05) is 64.0 Å². The van der Waals surface area contributed by atoms with E-state index in [1.165, 1.54) is 16.7 Å². The van der Waals surface area contributed by atoms with Gasteiger partial charge in [0.25, 0.3) is 11.8 Å². The van der Waals surface area contributed by atoms with Crippen molar-refractivity contribution in [2.75, 3.05) is 11.9 Å². The summed E-state index contributed by atoms with van der Waals surface area (Å²) in [5.74, 6) is 0.532. The number of aryl methyl sites for hydroxylation is 1. The van der Waals surface area contributed by atoms with Crippen LogP contribution in [0.5, 0.6) is 5.75 Å². The van der Waals surface area contributed by atoms with Crippen LogP contribution in [0.25, 0.3) is 6.08 Å². The molecular formula is C31H25BrN4O4S. The third kappa shape index (κ3) is 7.62. The van der Waals surface area contributed by atoms with Gasteiger partial charge in [-0.05, 0) is 72.8 Å². The maximum Gasteiger partial charge on any atom is 0.267 e. The quantitative estimate of drug-likeness (QED) is 0.124. The monoisotopic (exact) mass is 628 g/mol. The van der Waals surface area contributed by atoms with Crippen molar-refractivity contribution in [3.63, 3.8) is 0 Å². The molecule has 0 unspecified atom stereocenters. The van der Waals surface area contributed by atoms with E-state index in [9.17, 15) is 9.59 Å². The largest absolute Gasteiger partial charge is 0.483 e. The van der Waals surface area contributed by atoms with Gasteiger partial charge in [-0.25, -0.2) is 0 Å². The van der Waals surface area contributed by atoms with Gasteiger partial charge in [0.2, 0.25) is 0 Å². The first-order valence-corrected chi connectivity index (χ1v) is 14.2. The Labute approximate surface area is 249 Å². The van der Waals surface area contributed by atoms with Gasteiger partial charge in [-0.3, -0.25) is 14.5 Å². The van der Waals surface area contributed by atoms with Gasteiger partial charge in [-0.2, -0.15) is 5.10 Å². The SMILES string of the molecule is Cc1ccc(NC(=O)COc2ccc(Br)cc2/C=C2\S/C(=N/N=C\c3ccccc3)N(Cc3ccco3)C2=O)cc1. The third-order valence-electron chi connectivity index (χ3n) is 5.88. The van der Waals surface area contributed by atoms with Crippen molar-refractivity contribution in [1.82, 2.24) is 4.90 Å². The van der Waals surface area contributed by atoms with Crippen LogP contribution < -0.4 is 10.1 Å². The van der Waals surface area contributed by atoms with E-state index < -0.39 is 0 Å². The standard InChI is InChI=1S/C31H25BrN4O4S/c1-21-9-12-25(13-10-21)34-29(37)20-40-27-14-11-24(32)16-23(27)17-28-30(38)36(19-26-8-5-15-39-26)31(41-28)35-33-18-22-6-3-2-4-7-22/h2-18H,19-20H2,1H3,(H,34,37)/b28-17-,33-18-,35-31+. The van der Waals surface area contributed by atoms with E-state index in [2.05, 4.69) is 31.4 Å². The summed E-state index contributed by atoms with van der Waals surface area (Å²) in [6.45, 7) is 1.99. The van der Waals surface area contributed by atoms with Gasteiger partial charge in [-0.15, -0.1) is 5.10 Å². The number of ether oxygens (including phenoxy) is 1. The molecule has 4 aromatic rings. The number of nitrogens with one attached hydrogen (secondary N) is 1. The molecule has 10 heteroatoms. The fraction of sp³-hybridized carbons (Fsp3) is 0.0968. The van der Waals surface area contributed by atoms with E-state index in [0.717, 1.165) is 15.6 Å². The van der Waals surface area contributed by atoms with Crippen LogP contribution in [0.4, 0.5) is 5.69 Å². The number of amidine groups is 1. The average Bonchev–Trinajstić information content (AvgIpc) is 3.59. The second kappa shape index (κ2) is 13.3. The number of amides is 2. The van der Waals surface area contributed by atoms with Crippen molar-refractivity contribution >= 4 is 62.7 Å². The maximum absolute atomic E-state index is 13.5. The molecule has 5 rings (SSSR count). The smallest absolute Gasteiger partial charge is 0.267 e. The zero-order chi connectivity index (χ0) is 28.6. The van der Waals surface area contributed by atoms with Crippen LogP contribution in [-0.4, -0.2) is 34.7 Å². The molecule has 0 saturated carbocycles. The molecule has 1 saturated heterocycles. The van der Waals surface area contributed by atoms with E-state index in [1.807, 2.05) is 73.7 Å². The Morgan fingerprint density at radius 3 is 2.63 bits per heavy atom. The lowest BCUT2D eigenvalue weighted by Crippen LogP contribution is -2.28. The van der Waals surface area contributed by atoms with Crippen molar-refractivity contribution in [2.45, 2.75) is 13.5 Å². The predicted octanol–water partition coefficient (Wildman–Crippen LogP) is 6.87. The van der Waals surface area contributed by atoms with E-state index in [4.69, 9.17) is 9.15 Å². The number of benzene rings is 3. The molecule has 1 fully saturated rings. The van der Waals surface area contributed by atoms with Crippen LogP contribution in [0.3, 0.4) is 0 Å². The molecule has 41 heavy (non-hydrogen) atoms. The summed E-state index contributed by atoms with van der Waals surface area (Å²) in [4.78, 5) is 28.0. The Morgan fingerprint density at radius 2 is 1.88 bits per heavy atom. The van der Waals surface area contributed by atoms with Crippen molar-refractivity contribution < 1.29 is 18.7 Å². The van der Waals surface area contributed by atoms with Crippen molar-refractivity contribution in [3.8, 4) is 5.75 Å². The zero-order valence-corrected chi connectivity index (χ0v) is 24.4. The summed E-state index contributed by atoms with van der Waals surface area (Å²) in [7, 11) is 0. The minimum atomic E-state index is -0.294. The highest BCUT2D eigenvalue weighted by molar-refractivity contribution is 9.10. The molecule has 0 bridgehead atoms. The first-order chi connectivity index (χ1) is 19.9. The van der Waals surface area contributed by atoms with E-state index in [0.29, 0.717) is 32.8 Å². The van der Waals surface area contributed by atoms with Crippen LogP contribution in [-0.2, 0) is 16.1 Å². The molecule has 0 radical (unpaired) electrons. The summed E-state index contributed by atoms with van der Waals surface area (Å²) in [5.41, 5.74) is 3.31. The van der Waals surface area contributed by atoms with Crippen molar-refractivity contribution in [3.05, 3.63) is 123 Å². The number of thioether (sulfide) groups is 1. The number of nitrogens with zero attached hydrogens (tertiary/aromatic N) is 3. The van der Waals surface area contributed by atoms with Crippen molar-refractivity contribution in [1.29, 1.82) is 0 Å². The third-order valence-corrected chi connectivity index (χ3v) is 7.37. The molecule has 2 amide bonds. The van der Waals surface area contributed by atoms with Gasteiger partial charge in [0.1, 0.15) is 11.5 Å². The minimum Gasteiger partial charge on any atom is -0.483 e. The number of carbonyl (C=O) groups excluding carboxylic acids is 2. The molecule has 3 aromatic carbocycles. The Morgan fingerprint density at radius 1 is 1.07 bits per heavy atom. The molecule has 2 heterocycles. The highest BCUT2D eigenvalue weighted by Crippen LogP contribution is 2.36. The molecule has 1 N–H and O–H groups in total. The Kier molecular flexibility index (Phi) is 9.12. The number of hydrogen-bond donors (Lipinski definition) is 1. The Bertz CT molecular complexity index is 1620. The molecule has 8 nitrogen and oxygen atoms in total. The summed E-state index contributed by atoms with van der Waals surface area (Å²) in [5, 5.41) is 11.8. The molecule has 0 spiro atoms. The fourth-order valence-corrected chi connectivity index (χ4v) is 5.15. The summed E-state index contributed by atoms with van der Waals surface area (Å²) < 4.78 is 12.1. The number of carbonyl (C=O) groups is 2. The average molecular weight is 630 g/mol. The van der Waals surface area contributed by atoms with Crippen LogP contribution in [0, 0.1) is 6.92 Å². The molecule has 206 valence electrons. The van der Waals surface area contributed by atoms with Crippen LogP contribution in [0.1, 0.15) is 22.5 Å². The van der Waals surface area contributed by atoms with Gasteiger partial charge in [0.05, 0.1) is 23.9 Å². The van der Waals surface area contributed by atoms with Crippen LogP contribution in [0.2, 0.25) is 0 Å². The van der Waals surface area contributed by atoms with Crippen molar-refractivity contribution in [2.24, 2.45) is 10.2 Å². The number of rotatable bonds is 9. The Balaban J connectivity index is 1.36. The normalized spacial score (nSPS) is 15.3. The molecule has 1 aromatic heterocycles. The van der Waals surface area contributed by atoms with Gasteiger partial charge in [0, 0.05) is 15.7 Å². The first kappa shape index (κ1) is 28.1. The lowest BCUT2D eigenvalue weighted by atomic mass is 10.2. The maximum atomic E-state index is 13.5. The molecule has 0 atom stereocenters. The second-order valence-corrected chi connectivity index (χ2v) is 10.9. The lowest BCUT2D eigenvalue weighted by Gasteiger charge is -2.13. The minimum absolute atomic E-state index is 0.196. The van der Waals surface area contributed by atoms with Gasteiger partial charge in [0.15, 0.2) is 11.8 Å². The highest BCUT2D eigenvalue weighted by Gasteiger charge is 2.34. The number of furan rings is 1. The first-order valence-electron chi connectivity index (χ1n) is 12.6. The summed E-state index contributed by atoms with van der Waals surface area (Å²) in [6, 6.07) is 26.1. The van der Waals surface area contributed by atoms with Crippen LogP contribution in [0.15, 0.2) is 115 Å². The zero-order valence-electron chi connectivity index (χ0n) is 22.0. The highest BCUT2D eigenvalue weighted by atomic mass is 79.9. The molecule has 1 aliphatic rings. The number of hydrogen-bond acceptors (Lipinski definition) is 7. The number of halogens is 1. The van der Waals surface area contributed by atoms with E-state index in [1.54, 1.807) is 36.8 Å². The molecular weight excluding hydrogens is 604 g/mol. The fourth-order valence-electron chi connectivity index (χ4n) is 3.85. The number of anilines is 1. The van der Waals surface area contributed by atoms with Gasteiger partial charge < -0.3 is 14.5 Å². The topological polar surface area (TPSA) is 96.5 Å². The van der Waals surface area contributed by atoms with E-state index in [-0.39, 0.29) is 25.0 Å². The Hall–Kier alpha value is -4.41. The molecule has 0 aliphatic carbocycles. The van der Waals surface area contributed by atoms with Gasteiger partial charge >= 0.3 is 0 Å². The summed E-state index contributed by atoms with van der Waals surface area (Å²) >= 11 is 4.69. The van der Waals surface area contributed by atoms with E-state index >= 15 is 0 Å². The van der Waals surface area contributed by atoms with Crippen LogP contribution >= 0.6 is 27.7 Å². The molecule has 1 aliphatic heterocycles. The second-order valence-electron chi connectivity index (χ2n) is 9.00. The lowest BCUT2D eigenvalue weighted by molar-refractivity contribution is -0.122. The predicted molar refractivity (Wildman–Crippen MR) is 166 cm³/mol. The summed E-state index contributed by atoms with van der Waals surface area (Å²) in [6.07, 6.45) is 4.92.